The van der Waals surface area contributed by atoms with Crippen LogP contribution < -0.4 is 15.8 Å². The first-order valence-corrected chi connectivity index (χ1v) is 6.69. The van der Waals surface area contributed by atoms with E-state index in [2.05, 4.69) is 17.3 Å². The Hall–Kier alpha value is -1.49. The van der Waals surface area contributed by atoms with Crippen LogP contribution in [0.4, 0.5) is 15.8 Å². The molecule has 0 aliphatic carbocycles. The molecule has 1 fully saturated rings. The number of likely N-dealkylation sites (N-methyl/N-ethyl adjacent to an activating group) is 1. The third-order valence-electron chi connectivity index (χ3n) is 3.77. The molecule has 0 radical (unpaired) electrons. The van der Waals surface area contributed by atoms with Gasteiger partial charge < -0.3 is 20.7 Å². The maximum Gasteiger partial charge on any atom is 0.167 e. The average molecular weight is 267 g/mol. The van der Waals surface area contributed by atoms with E-state index in [4.69, 9.17) is 10.5 Å². The van der Waals surface area contributed by atoms with Crippen molar-refractivity contribution in [2.24, 2.45) is 0 Å². The fraction of sp³-hybridized carbons (Fsp3) is 0.571. The monoisotopic (exact) mass is 267 g/mol. The molecule has 0 saturated carbocycles. The molecular formula is C14H22FN3O. The molecule has 2 rings (SSSR count). The van der Waals surface area contributed by atoms with E-state index in [1.54, 1.807) is 6.07 Å². The van der Waals surface area contributed by atoms with Crippen molar-refractivity contribution in [2.45, 2.75) is 25.3 Å². The summed E-state index contributed by atoms with van der Waals surface area (Å²) < 4.78 is 18.4. The summed E-state index contributed by atoms with van der Waals surface area (Å²) >= 11 is 0. The van der Waals surface area contributed by atoms with Crippen molar-refractivity contribution in [2.75, 3.05) is 38.3 Å². The van der Waals surface area contributed by atoms with Crippen LogP contribution in [0.15, 0.2) is 12.1 Å². The summed E-state index contributed by atoms with van der Waals surface area (Å²) in [4.78, 5) is 2.35. The fourth-order valence-corrected chi connectivity index (χ4v) is 2.51. The minimum Gasteiger partial charge on any atom is -0.494 e. The smallest absolute Gasteiger partial charge is 0.167 e. The average Bonchev–Trinajstić information content (AvgIpc) is 2.39. The van der Waals surface area contributed by atoms with E-state index in [9.17, 15) is 4.39 Å². The Bertz CT molecular complexity index is 439. The number of piperidine rings is 1. The van der Waals surface area contributed by atoms with Gasteiger partial charge >= 0.3 is 0 Å². The third kappa shape index (κ3) is 3.29. The molecule has 1 unspecified atom stereocenters. The second-order valence-electron chi connectivity index (χ2n) is 5.09. The summed E-state index contributed by atoms with van der Waals surface area (Å²) in [6.07, 6.45) is 3.71. The van der Waals surface area contributed by atoms with E-state index < -0.39 is 5.82 Å². The Balaban J connectivity index is 2.02. The van der Waals surface area contributed by atoms with Crippen LogP contribution in [0.5, 0.6) is 5.75 Å². The van der Waals surface area contributed by atoms with Crippen LogP contribution in [-0.4, -0.2) is 38.2 Å². The standard InChI is InChI=1S/C14H22FN3O/c1-18-6-4-3-5-10(18)9-17-13-8-14(19-2)11(15)7-12(13)16/h7-8,10,17H,3-6,9,16H2,1-2H3. The van der Waals surface area contributed by atoms with Gasteiger partial charge in [-0.1, -0.05) is 6.42 Å². The van der Waals surface area contributed by atoms with Crippen LogP contribution >= 0.6 is 0 Å². The van der Waals surface area contributed by atoms with Crippen LogP contribution in [0.2, 0.25) is 0 Å². The number of nitrogens with one attached hydrogen (secondary N) is 1. The predicted octanol–water partition coefficient (Wildman–Crippen LogP) is 2.31. The first kappa shape index (κ1) is 13.9. The summed E-state index contributed by atoms with van der Waals surface area (Å²) in [5, 5.41) is 3.30. The van der Waals surface area contributed by atoms with Crippen molar-refractivity contribution >= 4 is 11.4 Å². The lowest BCUT2D eigenvalue weighted by atomic mass is 10.0. The molecule has 1 aliphatic heterocycles. The van der Waals surface area contributed by atoms with Crippen molar-refractivity contribution in [3.63, 3.8) is 0 Å². The Morgan fingerprint density at radius 1 is 1.47 bits per heavy atom. The lowest BCUT2D eigenvalue weighted by Gasteiger charge is -2.32. The van der Waals surface area contributed by atoms with Crippen molar-refractivity contribution in [1.82, 2.24) is 4.90 Å². The van der Waals surface area contributed by atoms with E-state index in [1.807, 2.05) is 0 Å². The van der Waals surface area contributed by atoms with Gasteiger partial charge in [0.05, 0.1) is 18.5 Å². The largest absolute Gasteiger partial charge is 0.494 e. The van der Waals surface area contributed by atoms with Gasteiger partial charge in [-0.25, -0.2) is 4.39 Å². The minimum absolute atomic E-state index is 0.216. The zero-order chi connectivity index (χ0) is 13.8. The Kier molecular flexibility index (Phi) is 4.47. The normalized spacial score (nSPS) is 20.3. The van der Waals surface area contributed by atoms with Crippen LogP contribution in [0.3, 0.4) is 0 Å². The van der Waals surface area contributed by atoms with Gasteiger partial charge in [-0.05, 0) is 26.4 Å². The highest BCUT2D eigenvalue weighted by Gasteiger charge is 2.19. The summed E-state index contributed by atoms with van der Waals surface area (Å²) in [6, 6.07) is 3.42. The maximum atomic E-state index is 13.4. The van der Waals surface area contributed by atoms with Crippen LogP contribution in [-0.2, 0) is 0 Å². The molecule has 1 aromatic carbocycles. The Morgan fingerprint density at radius 2 is 2.26 bits per heavy atom. The number of nitrogen functional groups attached to an aromatic ring is 1. The van der Waals surface area contributed by atoms with Gasteiger partial charge in [0, 0.05) is 24.7 Å². The van der Waals surface area contributed by atoms with Gasteiger partial charge in [0.1, 0.15) is 0 Å². The summed E-state index contributed by atoms with van der Waals surface area (Å²) in [6.45, 7) is 1.95. The second kappa shape index (κ2) is 6.10. The molecular weight excluding hydrogens is 245 g/mol. The predicted molar refractivity (Wildman–Crippen MR) is 76.1 cm³/mol. The summed E-state index contributed by atoms with van der Waals surface area (Å²) in [5.74, 6) is -0.214. The van der Waals surface area contributed by atoms with Crippen LogP contribution in [0, 0.1) is 5.82 Å². The highest BCUT2D eigenvalue weighted by molar-refractivity contribution is 5.68. The molecule has 106 valence electrons. The molecule has 4 nitrogen and oxygen atoms in total. The number of methoxy groups -OCH3 is 1. The van der Waals surface area contributed by atoms with Gasteiger partial charge in [-0.3, -0.25) is 0 Å². The van der Waals surface area contributed by atoms with E-state index >= 15 is 0 Å². The quantitative estimate of drug-likeness (QED) is 0.822. The van der Waals surface area contributed by atoms with E-state index in [1.165, 1.54) is 32.4 Å². The number of nitrogens with zero attached hydrogens (tertiary/aromatic N) is 1. The summed E-state index contributed by atoms with van der Waals surface area (Å²) in [5.41, 5.74) is 6.97. The lowest BCUT2D eigenvalue weighted by Crippen LogP contribution is -2.40. The van der Waals surface area contributed by atoms with Gasteiger partial charge in [-0.2, -0.15) is 0 Å². The molecule has 1 aliphatic rings. The van der Waals surface area contributed by atoms with E-state index in [-0.39, 0.29) is 5.75 Å². The number of nitrogens with two attached hydrogens (primary N) is 1. The van der Waals surface area contributed by atoms with Gasteiger partial charge in [0.2, 0.25) is 0 Å². The number of rotatable bonds is 4. The van der Waals surface area contributed by atoms with Gasteiger partial charge in [-0.15, -0.1) is 0 Å². The van der Waals surface area contributed by atoms with Crippen molar-refractivity contribution < 1.29 is 9.13 Å². The molecule has 1 atom stereocenters. The highest BCUT2D eigenvalue weighted by Crippen LogP contribution is 2.28. The molecule has 3 N–H and O–H groups in total. The SMILES string of the molecule is COc1cc(NCC2CCCCN2C)c(N)cc1F. The highest BCUT2D eigenvalue weighted by atomic mass is 19.1. The number of hydrogen-bond donors (Lipinski definition) is 2. The summed E-state index contributed by atoms with van der Waals surface area (Å²) in [7, 11) is 3.59. The molecule has 1 heterocycles. The van der Waals surface area contributed by atoms with E-state index in [0.717, 1.165) is 18.8 Å². The van der Waals surface area contributed by atoms with Gasteiger partial charge in [0.15, 0.2) is 11.6 Å². The number of likely N-dealkylation sites (tertiary alicyclic amines) is 1. The van der Waals surface area contributed by atoms with Crippen molar-refractivity contribution in [3.05, 3.63) is 17.9 Å². The number of ether oxygens (including phenoxy) is 1. The molecule has 0 aromatic heterocycles. The second-order valence-corrected chi connectivity index (χ2v) is 5.09. The lowest BCUT2D eigenvalue weighted by molar-refractivity contribution is 0.194. The molecule has 0 bridgehead atoms. The van der Waals surface area contributed by atoms with Crippen molar-refractivity contribution in [3.8, 4) is 5.75 Å². The first-order valence-electron chi connectivity index (χ1n) is 6.69. The number of hydrogen-bond acceptors (Lipinski definition) is 4. The zero-order valence-corrected chi connectivity index (χ0v) is 11.6. The Morgan fingerprint density at radius 3 is 2.95 bits per heavy atom. The third-order valence-corrected chi connectivity index (χ3v) is 3.77. The number of halogens is 1. The van der Waals surface area contributed by atoms with Crippen molar-refractivity contribution in [1.29, 1.82) is 0 Å². The first-order chi connectivity index (χ1) is 9.11. The minimum atomic E-state index is -0.430. The van der Waals surface area contributed by atoms with Crippen LogP contribution in [0.25, 0.3) is 0 Å². The zero-order valence-electron chi connectivity index (χ0n) is 11.6. The number of benzene rings is 1. The maximum absolute atomic E-state index is 13.4. The molecule has 1 saturated heterocycles. The Labute approximate surface area is 113 Å². The molecule has 1 aromatic rings. The topological polar surface area (TPSA) is 50.5 Å². The number of anilines is 2. The molecule has 0 amide bonds. The van der Waals surface area contributed by atoms with E-state index in [0.29, 0.717) is 11.7 Å². The molecule has 19 heavy (non-hydrogen) atoms. The van der Waals surface area contributed by atoms with Gasteiger partial charge in [0.25, 0.3) is 0 Å². The fourth-order valence-electron chi connectivity index (χ4n) is 2.51. The molecule has 0 spiro atoms. The molecule has 5 heteroatoms. The van der Waals surface area contributed by atoms with Crippen LogP contribution in [0.1, 0.15) is 19.3 Å².